The molecule has 1 aliphatic heterocycles. The van der Waals surface area contributed by atoms with Gasteiger partial charge in [0.25, 0.3) is 0 Å². The van der Waals surface area contributed by atoms with Crippen LogP contribution in [0.25, 0.3) is 11.1 Å². The topological polar surface area (TPSA) is 24.9 Å². The van der Waals surface area contributed by atoms with Crippen molar-refractivity contribution in [3.05, 3.63) is 60.2 Å². The Balaban J connectivity index is 2.00. The molecule has 0 saturated carbocycles. The molecule has 0 atom stereocenters. The molecule has 4 nitrogen and oxygen atoms in total. The highest BCUT2D eigenvalue weighted by Crippen LogP contribution is 2.52. The normalized spacial score (nSPS) is 12.8. The molecule has 0 fully saturated rings. The van der Waals surface area contributed by atoms with Gasteiger partial charge in [0.15, 0.2) is 0 Å². The van der Waals surface area contributed by atoms with Crippen molar-refractivity contribution in [3.8, 4) is 22.6 Å². The molecule has 0 N–H and O–H groups in total. The molecule has 0 bridgehead atoms. The van der Waals surface area contributed by atoms with E-state index in [2.05, 4.69) is 80.8 Å². The quantitative estimate of drug-likeness (QED) is 0.443. The van der Waals surface area contributed by atoms with Crippen LogP contribution in [0.4, 0.5) is 22.7 Å². The van der Waals surface area contributed by atoms with Gasteiger partial charge >= 0.3 is 0 Å². The molecule has 1 heterocycles. The van der Waals surface area contributed by atoms with E-state index in [9.17, 15) is 0 Å². The van der Waals surface area contributed by atoms with Gasteiger partial charge in [-0.2, -0.15) is 0 Å². The predicted molar refractivity (Wildman–Crippen MR) is 131 cm³/mol. The third kappa shape index (κ3) is 3.40. The lowest BCUT2D eigenvalue weighted by Gasteiger charge is -2.45. The second kappa shape index (κ2) is 8.18. The van der Waals surface area contributed by atoms with Gasteiger partial charge in [0.2, 0.25) is 0 Å². The molecule has 31 heavy (non-hydrogen) atoms. The van der Waals surface area contributed by atoms with Crippen molar-refractivity contribution in [1.82, 2.24) is 0 Å². The Hall–Kier alpha value is -3.14. The maximum atomic E-state index is 5.69. The number of benzene rings is 3. The zero-order valence-corrected chi connectivity index (χ0v) is 19.6. The van der Waals surface area contributed by atoms with E-state index in [0.29, 0.717) is 12.1 Å². The number of anilines is 4. The van der Waals surface area contributed by atoms with Crippen LogP contribution in [0.1, 0.15) is 33.3 Å². The number of nitrogens with zero attached hydrogens (tertiary/aromatic N) is 2. The van der Waals surface area contributed by atoms with Crippen molar-refractivity contribution in [3.63, 3.8) is 0 Å². The van der Waals surface area contributed by atoms with E-state index in [1.165, 1.54) is 28.3 Å². The molecule has 1 aliphatic rings. The minimum Gasteiger partial charge on any atom is -0.496 e. The summed E-state index contributed by atoms with van der Waals surface area (Å²) in [6, 6.07) is 19.8. The highest BCUT2D eigenvalue weighted by molar-refractivity contribution is 5.97. The van der Waals surface area contributed by atoms with E-state index in [1.54, 1.807) is 14.2 Å². The van der Waals surface area contributed by atoms with Gasteiger partial charge < -0.3 is 19.3 Å². The minimum absolute atomic E-state index is 0.309. The molecule has 162 valence electrons. The number of aryl methyl sites for hydroxylation is 1. The van der Waals surface area contributed by atoms with Crippen LogP contribution in [-0.2, 0) is 0 Å². The largest absolute Gasteiger partial charge is 0.496 e. The Morgan fingerprint density at radius 2 is 1.29 bits per heavy atom. The summed E-state index contributed by atoms with van der Waals surface area (Å²) in [6.45, 7) is 11.2. The lowest BCUT2D eigenvalue weighted by atomic mass is 9.96. The molecule has 0 unspecified atom stereocenters. The first-order chi connectivity index (χ1) is 14.9. The van der Waals surface area contributed by atoms with Crippen molar-refractivity contribution >= 4 is 22.7 Å². The van der Waals surface area contributed by atoms with Crippen LogP contribution < -0.4 is 19.3 Å². The predicted octanol–water partition coefficient (Wildman–Crippen LogP) is 7.09. The van der Waals surface area contributed by atoms with Gasteiger partial charge in [-0.15, -0.1) is 0 Å². The molecule has 3 aromatic rings. The van der Waals surface area contributed by atoms with Gasteiger partial charge in [-0.05, 0) is 76.1 Å². The highest BCUT2D eigenvalue weighted by atomic mass is 16.5. The number of para-hydroxylation sites is 1. The smallest absolute Gasteiger partial charge is 0.130 e. The summed E-state index contributed by atoms with van der Waals surface area (Å²) in [5, 5.41) is 0. The molecule has 0 spiro atoms. The molecule has 0 saturated heterocycles. The number of hydrogen-bond donors (Lipinski definition) is 0. The summed E-state index contributed by atoms with van der Waals surface area (Å²) in [4.78, 5) is 4.91. The van der Waals surface area contributed by atoms with Crippen LogP contribution in [0.5, 0.6) is 11.5 Å². The van der Waals surface area contributed by atoms with Gasteiger partial charge in [-0.1, -0.05) is 24.3 Å². The first kappa shape index (κ1) is 21.1. The average Bonchev–Trinajstić information content (AvgIpc) is 2.76. The Morgan fingerprint density at radius 3 is 1.87 bits per heavy atom. The first-order valence-corrected chi connectivity index (χ1v) is 10.9. The van der Waals surface area contributed by atoms with Gasteiger partial charge in [-0.25, -0.2) is 0 Å². The Bertz CT molecular complexity index is 1080. The van der Waals surface area contributed by atoms with Crippen LogP contribution >= 0.6 is 0 Å². The third-order valence-electron chi connectivity index (χ3n) is 5.96. The van der Waals surface area contributed by atoms with Crippen molar-refractivity contribution in [1.29, 1.82) is 0 Å². The Morgan fingerprint density at radius 1 is 0.677 bits per heavy atom. The minimum atomic E-state index is 0.309. The van der Waals surface area contributed by atoms with Crippen molar-refractivity contribution < 1.29 is 9.47 Å². The van der Waals surface area contributed by atoms with Crippen molar-refractivity contribution in [2.75, 3.05) is 24.0 Å². The number of hydrogen-bond acceptors (Lipinski definition) is 4. The van der Waals surface area contributed by atoms with Crippen molar-refractivity contribution in [2.24, 2.45) is 0 Å². The van der Waals surface area contributed by atoms with Crippen molar-refractivity contribution in [2.45, 2.75) is 46.7 Å². The van der Waals surface area contributed by atoms with E-state index in [1.807, 2.05) is 18.2 Å². The summed E-state index contributed by atoms with van der Waals surface area (Å²) < 4.78 is 11.4. The SMILES string of the molecule is COc1cccc(OC)c1-c1ccc2c(c1)N(C(C)C)c1cccc(C)c1N2C(C)C. The van der Waals surface area contributed by atoms with E-state index in [0.717, 1.165) is 22.6 Å². The Kier molecular flexibility index (Phi) is 5.57. The van der Waals surface area contributed by atoms with E-state index in [-0.39, 0.29) is 0 Å². The number of rotatable bonds is 5. The van der Waals surface area contributed by atoms with Gasteiger partial charge in [0.1, 0.15) is 11.5 Å². The zero-order valence-electron chi connectivity index (χ0n) is 19.6. The summed E-state index contributed by atoms with van der Waals surface area (Å²) in [7, 11) is 3.41. The number of ether oxygens (including phenoxy) is 2. The van der Waals surface area contributed by atoms with Crippen LogP contribution in [0.15, 0.2) is 54.6 Å². The van der Waals surface area contributed by atoms with Gasteiger partial charge in [-0.3, -0.25) is 0 Å². The maximum Gasteiger partial charge on any atom is 0.130 e. The average molecular weight is 417 g/mol. The molecule has 4 rings (SSSR count). The van der Waals surface area contributed by atoms with Gasteiger partial charge in [0, 0.05) is 12.1 Å². The molecule has 0 aliphatic carbocycles. The molecular formula is C27H32N2O2. The van der Waals surface area contributed by atoms with Crippen LogP contribution in [-0.4, -0.2) is 26.3 Å². The third-order valence-corrected chi connectivity index (χ3v) is 5.96. The summed E-state index contributed by atoms with van der Waals surface area (Å²) in [5.41, 5.74) is 8.32. The summed E-state index contributed by atoms with van der Waals surface area (Å²) in [5.74, 6) is 1.62. The fourth-order valence-electron chi connectivity index (χ4n) is 4.71. The number of fused-ring (bicyclic) bond motifs is 2. The molecular weight excluding hydrogens is 384 g/mol. The fraction of sp³-hybridized carbons (Fsp3) is 0.333. The van der Waals surface area contributed by atoms with Crippen LogP contribution in [0.3, 0.4) is 0 Å². The summed E-state index contributed by atoms with van der Waals surface area (Å²) in [6.07, 6.45) is 0. The molecule has 4 heteroatoms. The zero-order chi connectivity index (χ0) is 22.3. The monoisotopic (exact) mass is 416 g/mol. The first-order valence-electron chi connectivity index (χ1n) is 10.9. The van der Waals surface area contributed by atoms with Gasteiger partial charge in [0.05, 0.1) is 42.5 Å². The van der Waals surface area contributed by atoms with E-state index >= 15 is 0 Å². The van der Waals surface area contributed by atoms with E-state index < -0.39 is 0 Å². The summed E-state index contributed by atoms with van der Waals surface area (Å²) >= 11 is 0. The van der Waals surface area contributed by atoms with E-state index in [4.69, 9.17) is 9.47 Å². The molecule has 0 aromatic heterocycles. The molecule has 3 aromatic carbocycles. The second-order valence-electron chi connectivity index (χ2n) is 8.61. The standard InChI is InChI=1S/C27H32N2O2/c1-17(2)28-22-11-8-10-19(5)27(22)29(18(3)4)21-15-14-20(16-23(21)28)26-24(30-6)12-9-13-25(26)31-7/h8-18H,1-7H3. The maximum absolute atomic E-state index is 5.69. The Labute approximate surface area is 186 Å². The second-order valence-corrected chi connectivity index (χ2v) is 8.61. The number of methoxy groups -OCH3 is 2. The molecule has 0 amide bonds. The highest BCUT2D eigenvalue weighted by Gasteiger charge is 2.32. The lowest BCUT2D eigenvalue weighted by molar-refractivity contribution is 0.397. The van der Waals surface area contributed by atoms with Crippen LogP contribution in [0, 0.1) is 6.92 Å². The fourth-order valence-corrected chi connectivity index (χ4v) is 4.71. The molecule has 0 radical (unpaired) electrons. The van der Waals surface area contributed by atoms with Crippen LogP contribution in [0.2, 0.25) is 0 Å². The lowest BCUT2D eigenvalue weighted by Crippen LogP contribution is -2.37.